The zero-order chi connectivity index (χ0) is 20.9. The monoisotopic (exact) mass is 418 g/mol. The normalized spacial score (nSPS) is 15.4. The summed E-state index contributed by atoms with van der Waals surface area (Å²) in [5, 5.41) is 0. The summed E-state index contributed by atoms with van der Waals surface area (Å²) < 4.78 is 36.4. The zero-order valence-corrected chi connectivity index (χ0v) is 16.7. The molecule has 1 saturated heterocycles. The van der Waals surface area contributed by atoms with E-state index in [4.69, 9.17) is 9.47 Å². The molecule has 29 heavy (non-hydrogen) atoms. The van der Waals surface area contributed by atoms with Gasteiger partial charge < -0.3 is 14.4 Å². The molecular weight excluding hydrogens is 396 g/mol. The van der Waals surface area contributed by atoms with Crippen molar-refractivity contribution >= 4 is 27.6 Å². The minimum Gasteiger partial charge on any atom is -0.444 e. The van der Waals surface area contributed by atoms with Crippen LogP contribution in [0.2, 0.25) is 0 Å². The fourth-order valence-electron chi connectivity index (χ4n) is 2.96. The molecule has 1 fully saturated rings. The van der Waals surface area contributed by atoms with Crippen LogP contribution in [0.15, 0.2) is 54.6 Å². The van der Waals surface area contributed by atoms with Gasteiger partial charge in [-0.15, -0.1) is 0 Å². The second-order valence-corrected chi connectivity index (χ2v) is 8.30. The predicted octanol–water partition coefficient (Wildman–Crippen LogP) is 1.81. The van der Waals surface area contributed by atoms with Crippen LogP contribution in [0, 0.1) is 0 Å². The van der Waals surface area contributed by atoms with Gasteiger partial charge in [-0.1, -0.05) is 42.5 Å². The second kappa shape index (κ2) is 9.06. The molecule has 2 aromatic rings. The number of carbonyl (C=O) groups excluding carboxylic acids is 2. The third kappa shape index (κ3) is 5.55. The second-order valence-electron chi connectivity index (χ2n) is 6.55. The molecule has 3 rings (SSSR count). The van der Waals surface area contributed by atoms with Crippen molar-refractivity contribution in [3.63, 3.8) is 0 Å². The molecule has 9 heteroatoms. The van der Waals surface area contributed by atoms with Crippen molar-refractivity contribution in [2.75, 3.05) is 37.3 Å². The summed E-state index contributed by atoms with van der Waals surface area (Å²) in [4.78, 5) is 27.5. The Labute approximate surface area is 169 Å². The van der Waals surface area contributed by atoms with Crippen LogP contribution in [-0.2, 0) is 24.3 Å². The lowest BCUT2D eigenvalue weighted by Gasteiger charge is -2.30. The maximum absolute atomic E-state index is 13.1. The van der Waals surface area contributed by atoms with E-state index < -0.39 is 22.1 Å². The van der Waals surface area contributed by atoms with Crippen LogP contribution in [0.1, 0.15) is 22.0 Å². The third-order valence-corrected chi connectivity index (χ3v) is 4.91. The van der Waals surface area contributed by atoms with Crippen LogP contribution in [0.4, 0.5) is 5.69 Å². The van der Waals surface area contributed by atoms with E-state index in [1.165, 1.54) is 12.1 Å². The van der Waals surface area contributed by atoms with Gasteiger partial charge in [-0.25, -0.2) is 13.2 Å². The smallest absolute Gasteiger partial charge is 0.341 e. The van der Waals surface area contributed by atoms with E-state index in [1.807, 2.05) is 0 Å². The van der Waals surface area contributed by atoms with E-state index in [0.29, 0.717) is 31.9 Å². The van der Waals surface area contributed by atoms with E-state index >= 15 is 0 Å². The fourth-order valence-corrected chi connectivity index (χ4v) is 3.54. The average molecular weight is 418 g/mol. The number of esters is 1. The van der Waals surface area contributed by atoms with Gasteiger partial charge in [0.15, 0.2) is 0 Å². The van der Waals surface area contributed by atoms with E-state index in [2.05, 4.69) is 4.72 Å². The minimum absolute atomic E-state index is 0.0219. The standard InChI is InChI=1S/C20H22N2O6S/c1-29(25,26)21-17-10-6-5-9-16(17)20(24)28-18(15-7-3-2-4-8-15)19(23)22-11-13-27-14-12-22/h2-10,18,21H,11-14H2,1H3/t18-/m1/s1. The molecule has 0 spiro atoms. The van der Waals surface area contributed by atoms with Crippen LogP contribution < -0.4 is 4.72 Å². The van der Waals surface area contributed by atoms with Gasteiger partial charge in [0.1, 0.15) is 0 Å². The highest BCUT2D eigenvalue weighted by molar-refractivity contribution is 7.92. The van der Waals surface area contributed by atoms with E-state index in [9.17, 15) is 18.0 Å². The Morgan fingerprint density at radius 2 is 1.66 bits per heavy atom. The number of amides is 1. The van der Waals surface area contributed by atoms with Crippen LogP contribution in [0.3, 0.4) is 0 Å². The number of para-hydroxylation sites is 1. The molecule has 8 nitrogen and oxygen atoms in total. The van der Waals surface area contributed by atoms with Gasteiger partial charge in [-0.05, 0) is 12.1 Å². The number of hydrogen-bond donors (Lipinski definition) is 1. The maximum Gasteiger partial charge on any atom is 0.341 e. The molecule has 1 aliphatic rings. The van der Waals surface area contributed by atoms with Crippen molar-refractivity contribution in [2.24, 2.45) is 0 Å². The maximum atomic E-state index is 13.1. The Kier molecular flexibility index (Phi) is 6.50. The molecule has 1 heterocycles. The molecular formula is C20H22N2O6S. The molecule has 0 radical (unpaired) electrons. The lowest BCUT2D eigenvalue weighted by molar-refractivity contribution is -0.145. The lowest BCUT2D eigenvalue weighted by atomic mass is 10.1. The molecule has 1 amide bonds. The number of benzene rings is 2. The van der Waals surface area contributed by atoms with Gasteiger partial charge in [0.2, 0.25) is 16.1 Å². The quantitative estimate of drug-likeness (QED) is 0.718. The Bertz CT molecular complexity index is 971. The van der Waals surface area contributed by atoms with Crippen LogP contribution >= 0.6 is 0 Å². The first-order valence-electron chi connectivity index (χ1n) is 9.04. The number of hydrogen-bond acceptors (Lipinski definition) is 6. The molecule has 1 aliphatic heterocycles. The van der Waals surface area contributed by atoms with E-state index in [0.717, 1.165) is 6.26 Å². The van der Waals surface area contributed by atoms with Crippen molar-refractivity contribution in [1.82, 2.24) is 4.90 Å². The molecule has 2 aromatic carbocycles. The van der Waals surface area contributed by atoms with Crippen molar-refractivity contribution in [3.05, 3.63) is 65.7 Å². The summed E-state index contributed by atoms with van der Waals surface area (Å²) in [6.07, 6.45) is -0.155. The topological polar surface area (TPSA) is 102 Å². The number of carbonyl (C=O) groups is 2. The van der Waals surface area contributed by atoms with Gasteiger partial charge in [-0.2, -0.15) is 0 Å². The lowest BCUT2D eigenvalue weighted by Crippen LogP contribution is -2.44. The number of morpholine rings is 1. The molecule has 0 unspecified atom stereocenters. The van der Waals surface area contributed by atoms with Crippen LogP contribution in [0.5, 0.6) is 0 Å². The Morgan fingerprint density at radius 1 is 1.03 bits per heavy atom. The summed E-state index contributed by atoms with van der Waals surface area (Å²) >= 11 is 0. The highest BCUT2D eigenvalue weighted by Crippen LogP contribution is 2.25. The predicted molar refractivity (Wildman–Crippen MR) is 107 cm³/mol. The van der Waals surface area contributed by atoms with Crippen molar-refractivity contribution in [2.45, 2.75) is 6.10 Å². The molecule has 0 aromatic heterocycles. The Hall–Kier alpha value is -2.91. The summed E-state index contributed by atoms with van der Waals surface area (Å²) in [6.45, 7) is 1.66. The highest BCUT2D eigenvalue weighted by Gasteiger charge is 2.31. The van der Waals surface area contributed by atoms with Crippen LogP contribution in [0.25, 0.3) is 0 Å². The SMILES string of the molecule is CS(=O)(=O)Nc1ccccc1C(=O)O[C@@H](C(=O)N1CCOCC1)c1ccccc1. The number of anilines is 1. The number of ether oxygens (including phenoxy) is 2. The van der Waals surface area contributed by atoms with Crippen molar-refractivity contribution < 1.29 is 27.5 Å². The van der Waals surface area contributed by atoms with Gasteiger partial charge in [0, 0.05) is 18.7 Å². The van der Waals surface area contributed by atoms with E-state index in [1.54, 1.807) is 47.4 Å². The highest BCUT2D eigenvalue weighted by atomic mass is 32.2. The number of rotatable bonds is 6. The molecule has 1 atom stereocenters. The zero-order valence-electron chi connectivity index (χ0n) is 15.9. The Balaban J connectivity index is 1.88. The largest absolute Gasteiger partial charge is 0.444 e. The third-order valence-electron chi connectivity index (χ3n) is 4.32. The van der Waals surface area contributed by atoms with Gasteiger partial charge in [0.25, 0.3) is 5.91 Å². The summed E-state index contributed by atoms with van der Waals surface area (Å²) in [5.74, 6) is -1.14. The minimum atomic E-state index is -3.59. The van der Waals surface area contributed by atoms with Gasteiger partial charge in [0.05, 0.1) is 30.7 Å². The first-order valence-corrected chi connectivity index (χ1v) is 10.9. The summed E-state index contributed by atoms with van der Waals surface area (Å²) in [7, 11) is -3.59. The Morgan fingerprint density at radius 3 is 2.31 bits per heavy atom. The number of nitrogens with one attached hydrogen (secondary N) is 1. The van der Waals surface area contributed by atoms with Crippen molar-refractivity contribution in [3.8, 4) is 0 Å². The first kappa shape index (κ1) is 20.8. The average Bonchev–Trinajstić information content (AvgIpc) is 2.72. The summed E-state index contributed by atoms with van der Waals surface area (Å²) in [6, 6.07) is 14.8. The van der Waals surface area contributed by atoms with E-state index in [-0.39, 0.29) is 17.2 Å². The molecule has 0 bridgehead atoms. The number of sulfonamides is 1. The molecule has 1 N–H and O–H groups in total. The van der Waals surface area contributed by atoms with Crippen molar-refractivity contribution in [1.29, 1.82) is 0 Å². The van der Waals surface area contributed by atoms with Gasteiger partial charge in [-0.3, -0.25) is 9.52 Å². The molecule has 0 saturated carbocycles. The summed E-state index contributed by atoms with van der Waals surface area (Å²) in [5.41, 5.74) is 0.644. The fraction of sp³-hybridized carbons (Fsp3) is 0.300. The molecule has 154 valence electrons. The van der Waals surface area contributed by atoms with Crippen LogP contribution in [-0.4, -0.2) is 57.8 Å². The molecule has 0 aliphatic carbocycles. The first-order chi connectivity index (χ1) is 13.8. The van der Waals surface area contributed by atoms with Gasteiger partial charge >= 0.3 is 5.97 Å². The number of nitrogens with zero attached hydrogens (tertiary/aromatic N) is 1.